The van der Waals surface area contributed by atoms with Crippen LogP contribution in [0.5, 0.6) is 5.75 Å². The number of rotatable bonds is 6. The van der Waals surface area contributed by atoms with Crippen LogP contribution in [0.3, 0.4) is 0 Å². The highest BCUT2D eigenvalue weighted by molar-refractivity contribution is 5.85. The second-order valence-electron chi connectivity index (χ2n) is 4.75. The molecule has 0 aliphatic rings. The van der Waals surface area contributed by atoms with E-state index < -0.39 is 4.92 Å². The minimum Gasteiger partial charge on any atom is -0.496 e. The summed E-state index contributed by atoms with van der Waals surface area (Å²) in [6.07, 6.45) is 0.657. The molecule has 6 nitrogen and oxygen atoms in total. The van der Waals surface area contributed by atoms with Crippen molar-refractivity contribution < 1.29 is 9.66 Å². The Bertz CT molecular complexity index is 681. The van der Waals surface area contributed by atoms with Gasteiger partial charge in [-0.05, 0) is 30.7 Å². The first-order valence-corrected chi connectivity index (χ1v) is 6.75. The zero-order chi connectivity index (χ0) is 15.9. The molecule has 0 unspecified atom stereocenters. The van der Waals surface area contributed by atoms with Crippen molar-refractivity contribution in [3.05, 3.63) is 64.2 Å². The molecule has 0 bridgehead atoms. The van der Waals surface area contributed by atoms with E-state index in [1.165, 1.54) is 12.1 Å². The topological polar surface area (TPSA) is 76.8 Å². The summed E-state index contributed by atoms with van der Waals surface area (Å²) >= 11 is 0. The molecule has 0 atom stereocenters. The largest absolute Gasteiger partial charge is 0.496 e. The van der Waals surface area contributed by atoms with E-state index in [2.05, 4.69) is 10.5 Å². The Balaban J connectivity index is 2.02. The highest BCUT2D eigenvalue weighted by Crippen LogP contribution is 2.19. The molecule has 0 spiro atoms. The van der Waals surface area contributed by atoms with Crippen molar-refractivity contribution in [3.63, 3.8) is 0 Å². The zero-order valence-electron chi connectivity index (χ0n) is 12.4. The van der Waals surface area contributed by atoms with Crippen LogP contribution in [0.25, 0.3) is 0 Å². The van der Waals surface area contributed by atoms with Gasteiger partial charge in [0, 0.05) is 24.3 Å². The number of nitro groups is 1. The number of hydrazone groups is 1. The predicted molar refractivity (Wildman–Crippen MR) is 86.5 cm³/mol. The van der Waals surface area contributed by atoms with Crippen LogP contribution < -0.4 is 10.2 Å². The number of nitrogens with one attached hydrogen (secondary N) is 1. The maximum Gasteiger partial charge on any atom is 0.269 e. The highest BCUT2D eigenvalue weighted by Gasteiger charge is 2.05. The van der Waals surface area contributed by atoms with E-state index in [4.69, 9.17) is 4.74 Å². The Morgan fingerprint density at radius 2 is 1.91 bits per heavy atom. The maximum absolute atomic E-state index is 10.6. The maximum atomic E-state index is 10.6. The lowest BCUT2D eigenvalue weighted by Crippen LogP contribution is -2.03. The summed E-state index contributed by atoms with van der Waals surface area (Å²) in [6.45, 7) is 1.91. The number of methoxy groups -OCH3 is 1. The van der Waals surface area contributed by atoms with Crippen molar-refractivity contribution in [3.8, 4) is 5.75 Å². The van der Waals surface area contributed by atoms with E-state index in [0.717, 1.165) is 17.0 Å². The van der Waals surface area contributed by atoms with E-state index in [1.807, 2.05) is 31.2 Å². The molecule has 114 valence electrons. The first-order chi connectivity index (χ1) is 10.6. The Kier molecular flexibility index (Phi) is 5.08. The molecular formula is C16H17N3O3. The summed E-state index contributed by atoms with van der Waals surface area (Å²) in [5, 5.41) is 14.9. The van der Waals surface area contributed by atoms with Gasteiger partial charge >= 0.3 is 0 Å². The van der Waals surface area contributed by atoms with Gasteiger partial charge in [-0.25, -0.2) is 0 Å². The van der Waals surface area contributed by atoms with E-state index >= 15 is 0 Å². The fourth-order valence-corrected chi connectivity index (χ4v) is 1.98. The van der Waals surface area contributed by atoms with Crippen LogP contribution in [0.15, 0.2) is 53.6 Å². The van der Waals surface area contributed by atoms with E-state index in [0.29, 0.717) is 12.1 Å². The number of anilines is 1. The lowest BCUT2D eigenvalue weighted by Gasteiger charge is -2.08. The Hall–Kier alpha value is -2.89. The molecule has 2 aromatic carbocycles. The van der Waals surface area contributed by atoms with Crippen LogP contribution in [-0.4, -0.2) is 17.7 Å². The molecule has 0 aliphatic heterocycles. The SMILES string of the molecule is COc1ccccc1C/C(C)=N\Nc1ccc([N+](=O)[O-])cc1. The highest BCUT2D eigenvalue weighted by atomic mass is 16.6. The van der Waals surface area contributed by atoms with Gasteiger partial charge in [-0.2, -0.15) is 5.10 Å². The van der Waals surface area contributed by atoms with Crippen LogP contribution in [0.4, 0.5) is 11.4 Å². The molecule has 22 heavy (non-hydrogen) atoms. The van der Waals surface area contributed by atoms with Crippen LogP contribution in [-0.2, 0) is 6.42 Å². The summed E-state index contributed by atoms with van der Waals surface area (Å²) in [5.74, 6) is 0.826. The van der Waals surface area contributed by atoms with E-state index in [9.17, 15) is 10.1 Å². The van der Waals surface area contributed by atoms with Crippen LogP contribution in [0, 0.1) is 10.1 Å². The fourth-order valence-electron chi connectivity index (χ4n) is 1.98. The number of nitro benzene ring substituents is 1. The van der Waals surface area contributed by atoms with Gasteiger partial charge in [0.25, 0.3) is 5.69 Å². The standard InChI is InChI=1S/C16H17N3O3/c1-12(11-13-5-3-4-6-16(13)22-2)17-18-14-7-9-15(10-8-14)19(20)21/h3-10,18H,11H2,1-2H3/b17-12-. The summed E-state index contributed by atoms with van der Waals surface area (Å²) in [7, 11) is 1.64. The van der Waals surface area contributed by atoms with Gasteiger partial charge in [0.1, 0.15) is 5.75 Å². The van der Waals surface area contributed by atoms with Crippen molar-refractivity contribution in [1.82, 2.24) is 0 Å². The van der Waals surface area contributed by atoms with Crippen LogP contribution >= 0.6 is 0 Å². The molecular weight excluding hydrogens is 282 g/mol. The van der Waals surface area contributed by atoms with Gasteiger partial charge in [-0.15, -0.1) is 0 Å². The molecule has 0 heterocycles. The minimum absolute atomic E-state index is 0.0558. The average molecular weight is 299 g/mol. The molecule has 6 heteroatoms. The second-order valence-corrected chi connectivity index (χ2v) is 4.75. The Morgan fingerprint density at radius 1 is 1.23 bits per heavy atom. The molecule has 0 saturated heterocycles. The van der Waals surface area contributed by atoms with Crippen LogP contribution in [0.2, 0.25) is 0 Å². The number of nitrogens with zero attached hydrogens (tertiary/aromatic N) is 2. The molecule has 0 amide bonds. The minimum atomic E-state index is -0.431. The first kappa shape index (κ1) is 15.5. The molecule has 2 rings (SSSR count). The number of ether oxygens (including phenoxy) is 1. The van der Waals surface area contributed by atoms with Crippen molar-refractivity contribution in [2.45, 2.75) is 13.3 Å². The van der Waals surface area contributed by atoms with Crippen molar-refractivity contribution in [2.75, 3.05) is 12.5 Å². The smallest absolute Gasteiger partial charge is 0.269 e. The number of benzene rings is 2. The molecule has 0 aliphatic carbocycles. The molecule has 0 saturated carbocycles. The molecule has 2 aromatic rings. The summed E-state index contributed by atoms with van der Waals surface area (Å²) < 4.78 is 5.31. The molecule has 1 N–H and O–H groups in total. The summed E-state index contributed by atoms with van der Waals surface area (Å²) in [6, 6.07) is 13.9. The van der Waals surface area contributed by atoms with Gasteiger partial charge in [0.05, 0.1) is 17.7 Å². The predicted octanol–water partition coefficient (Wildman–Crippen LogP) is 3.63. The van der Waals surface area contributed by atoms with Gasteiger partial charge in [-0.1, -0.05) is 18.2 Å². The van der Waals surface area contributed by atoms with Gasteiger partial charge < -0.3 is 4.74 Å². The molecule has 0 fully saturated rings. The van der Waals surface area contributed by atoms with E-state index in [1.54, 1.807) is 19.2 Å². The zero-order valence-corrected chi connectivity index (χ0v) is 12.4. The number of para-hydroxylation sites is 1. The normalized spacial score (nSPS) is 11.1. The third-order valence-electron chi connectivity index (χ3n) is 3.09. The van der Waals surface area contributed by atoms with Gasteiger partial charge in [0.2, 0.25) is 0 Å². The lowest BCUT2D eigenvalue weighted by molar-refractivity contribution is -0.384. The first-order valence-electron chi connectivity index (χ1n) is 6.75. The number of hydrogen-bond donors (Lipinski definition) is 1. The Morgan fingerprint density at radius 3 is 2.55 bits per heavy atom. The number of non-ortho nitro benzene ring substituents is 1. The quantitative estimate of drug-likeness (QED) is 0.502. The van der Waals surface area contributed by atoms with Crippen molar-refractivity contribution in [2.24, 2.45) is 5.10 Å². The van der Waals surface area contributed by atoms with Gasteiger partial charge in [0.15, 0.2) is 0 Å². The third-order valence-corrected chi connectivity index (χ3v) is 3.09. The summed E-state index contributed by atoms with van der Waals surface area (Å²) in [4.78, 5) is 10.2. The molecule has 0 aromatic heterocycles. The lowest BCUT2D eigenvalue weighted by atomic mass is 10.1. The number of hydrogen-bond acceptors (Lipinski definition) is 5. The van der Waals surface area contributed by atoms with Crippen molar-refractivity contribution >= 4 is 17.1 Å². The summed E-state index contributed by atoms with van der Waals surface area (Å²) in [5.41, 5.74) is 5.58. The van der Waals surface area contributed by atoms with Gasteiger partial charge in [-0.3, -0.25) is 15.5 Å². The molecule has 0 radical (unpaired) electrons. The Labute approximate surface area is 128 Å². The average Bonchev–Trinajstić information content (AvgIpc) is 2.54. The fraction of sp³-hybridized carbons (Fsp3) is 0.188. The third kappa shape index (κ3) is 4.05. The van der Waals surface area contributed by atoms with E-state index in [-0.39, 0.29) is 5.69 Å². The second kappa shape index (κ2) is 7.21. The van der Waals surface area contributed by atoms with Crippen molar-refractivity contribution in [1.29, 1.82) is 0 Å². The monoisotopic (exact) mass is 299 g/mol. The van der Waals surface area contributed by atoms with Crippen LogP contribution in [0.1, 0.15) is 12.5 Å².